The Morgan fingerprint density at radius 3 is 2.54 bits per heavy atom. The predicted molar refractivity (Wildman–Crippen MR) is 146 cm³/mol. The van der Waals surface area contributed by atoms with Gasteiger partial charge in [0.1, 0.15) is 0 Å². The fraction of sp³-hybridized carbons (Fsp3) is 0.483. The van der Waals surface area contributed by atoms with E-state index in [9.17, 15) is 9.59 Å². The van der Waals surface area contributed by atoms with Crippen molar-refractivity contribution in [2.24, 2.45) is 16.6 Å². The van der Waals surface area contributed by atoms with Crippen LogP contribution in [0, 0.1) is 12.8 Å². The van der Waals surface area contributed by atoms with Gasteiger partial charge in [-0.15, -0.1) is 0 Å². The SMILES string of the molecule is Cc1cccc(N(C(N)=O)[C@H]2N=C(C3CCCCC3)c3ccccc3N(CCN3CCOCC3)C2=O)c1. The van der Waals surface area contributed by atoms with E-state index in [2.05, 4.69) is 11.0 Å². The molecule has 1 atom stereocenters. The minimum absolute atomic E-state index is 0.230. The minimum atomic E-state index is -1.06. The topological polar surface area (TPSA) is 91.5 Å². The van der Waals surface area contributed by atoms with Crippen molar-refractivity contribution in [2.75, 3.05) is 49.2 Å². The van der Waals surface area contributed by atoms with E-state index in [0.717, 1.165) is 67.8 Å². The zero-order chi connectivity index (χ0) is 25.8. The summed E-state index contributed by atoms with van der Waals surface area (Å²) in [5.41, 5.74) is 10.3. The van der Waals surface area contributed by atoms with E-state index in [1.807, 2.05) is 54.3 Å². The molecular weight excluding hydrogens is 466 g/mol. The molecule has 2 aromatic rings. The van der Waals surface area contributed by atoms with Crippen LogP contribution in [0.15, 0.2) is 53.5 Å². The standard InChI is InChI=1S/C29H37N5O3/c1-21-8-7-11-23(20-21)34(29(30)36)27-28(35)33(15-14-32-16-18-37-19-17-32)25-13-6-5-12-24(25)26(31-27)22-9-3-2-4-10-22/h5-8,11-13,20,22,27H,2-4,9-10,14-19H2,1H3,(H2,30,36)/t27-/m1/s1. The third-order valence-corrected chi connectivity index (χ3v) is 7.72. The number of hydrogen-bond donors (Lipinski definition) is 1. The number of nitrogens with zero attached hydrogens (tertiary/aromatic N) is 4. The first-order valence-electron chi connectivity index (χ1n) is 13.5. The van der Waals surface area contributed by atoms with E-state index in [4.69, 9.17) is 15.5 Å². The summed E-state index contributed by atoms with van der Waals surface area (Å²) in [6.07, 6.45) is 4.50. The number of carbonyl (C=O) groups is 2. The average molecular weight is 504 g/mol. The van der Waals surface area contributed by atoms with Crippen LogP contribution in [-0.2, 0) is 9.53 Å². The first-order chi connectivity index (χ1) is 18.0. The zero-order valence-electron chi connectivity index (χ0n) is 21.6. The second-order valence-electron chi connectivity index (χ2n) is 10.2. The Balaban J connectivity index is 1.59. The van der Waals surface area contributed by atoms with Gasteiger partial charge in [0.2, 0.25) is 6.17 Å². The van der Waals surface area contributed by atoms with Gasteiger partial charge < -0.3 is 15.4 Å². The second-order valence-corrected chi connectivity index (χ2v) is 10.2. The third-order valence-electron chi connectivity index (χ3n) is 7.72. The molecule has 196 valence electrons. The van der Waals surface area contributed by atoms with Crippen molar-refractivity contribution in [3.05, 3.63) is 59.7 Å². The number of urea groups is 1. The minimum Gasteiger partial charge on any atom is -0.379 e. The highest BCUT2D eigenvalue weighted by Gasteiger charge is 2.39. The summed E-state index contributed by atoms with van der Waals surface area (Å²) in [5.74, 6) is 0.0171. The van der Waals surface area contributed by atoms with Gasteiger partial charge >= 0.3 is 6.03 Å². The number of carbonyl (C=O) groups excluding carboxylic acids is 2. The van der Waals surface area contributed by atoms with Crippen molar-refractivity contribution in [1.29, 1.82) is 0 Å². The smallest absolute Gasteiger partial charge is 0.321 e. The van der Waals surface area contributed by atoms with E-state index in [1.165, 1.54) is 11.3 Å². The third kappa shape index (κ3) is 5.55. The molecular formula is C29H37N5O3. The van der Waals surface area contributed by atoms with Gasteiger partial charge in [-0.1, -0.05) is 49.6 Å². The van der Waals surface area contributed by atoms with Crippen LogP contribution >= 0.6 is 0 Å². The summed E-state index contributed by atoms with van der Waals surface area (Å²) >= 11 is 0. The normalized spacial score (nSPS) is 21.2. The molecule has 2 aromatic carbocycles. The molecule has 2 N–H and O–H groups in total. The summed E-state index contributed by atoms with van der Waals surface area (Å²) in [6.45, 7) is 6.26. The summed E-state index contributed by atoms with van der Waals surface area (Å²) in [7, 11) is 0. The van der Waals surface area contributed by atoms with E-state index in [-0.39, 0.29) is 11.8 Å². The van der Waals surface area contributed by atoms with Crippen LogP contribution in [0.3, 0.4) is 0 Å². The van der Waals surface area contributed by atoms with E-state index in [1.54, 1.807) is 0 Å². The maximum atomic E-state index is 14.3. The first-order valence-corrected chi connectivity index (χ1v) is 13.5. The Hall–Kier alpha value is -3.23. The maximum absolute atomic E-state index is 14.3. The van der Waals surface area contributed by atoms with Gasteiger partial charge in [0.05, 0.1) is 24.6 Å². The van der Waals surface area contributed by atoms with Crippen LogP contribution in [0.1, 0.15) is 43.2 Å². The van der Waals surface area contributed by atoms with Crippen molar-refractivity contribution in [2.45, 2.75) is 45.2 Å². The molecule has 5 rings (SSSR count). The monoisotopic (exact) mass is 503 g/mol. The Morgan fingerprint density at radius 2 is 1.81 bits per heavy atom. The molecule has 3 aliphatic rings. The highest BCUT2D eigenvalue weighted by molar-refractivity contribution is 6.15. The van der Waals surface area contributed by atoms with Gasteiger partial charge in [0, 0.05) is 43.3 Å². The number of aryl methyl sites for hydroxylation is 1. The predicted octanol–water partition coefficient (Wildman–Crippen LogP) is 3.95. The lowest BCUT2D eigenvalue weighted by atomic mass is 9.83. The van der Waals surface area contributed by atoms with Crippen LogP contribution in [0.25, 0.3) is 0 Å². The quantitative estimate of drug-likeness (QED) is 0.646. The number of primary amides is 1. The van der Waals surface area contributed by atoms with Crippen LogP contribution in [0.2, 0.25) is 0 Å². The number of anilines is 2. The van der Waals surface area contributed by atoms with Crippen molar-refractivity contribution in [1.82, 2.24) is 4.90 Å². The lowest BCUT2D eigenvalue weighted by Gasteiger charge is -2.33. The molecule has 8 nitrogen and oxygen atoms in total. The molecule has 0 aromatic heterocycles. The van der Waals surface area contributed by atoms with E-state index >= 15 is 0 Å². The molecule has 1 saturated heterocycles. The number of amides is 3. The molecule has 1 saturated carbocycles. The number of benzodiazepines with no additional fused rings is 1. The molecule has 37 heavy (non-hydrogen) atoms. The summed E-state index contributed by atoms with van der Waals surface area (Å²) in [4.78, 5) is 37.9. The molecule has 0 radical (unpaired) electrons. The second kappa shape index (κ2) is 11.4. The van der Waals surface area contributed by atoms with Gasteiger partial charge in [0.25, 0.3) is 5.91 Å². The Bertz CT molecular complexity index is 1150. The number of hydrogen-bond acceptors (Lipinski definition) is 5. The zero-order valence-corrected chi connectivity index (χ0v) is 21.6. The maximum Gasteiger partial charge on any atom is 0.321 e. The van der Waals surface area contributed by atoms with Crippen molar-refractivity contribution in [3.8, 4) is 0 Å². The van der Waals surface area contributed by atoms with Gasteiger partial charge in [-0.25, -0.2) is 4.79 Å². The fourth-order valence-electron chi connectivity index (χ4n) is 5.77. The molecule has 8 heteroatoms. The highest BCUT2D eigenvalue weighted by atomic mass is 16.5. The van der Waals surface area contributed by atoms with Gasteiger partial charge in [-0.3, -0.25) is 19.6 Å². The molecule has 3 amide bonds. The number of ether oxygens (including phenoxy) is 1. The number of rotatable bonds is 6. The Labute approximate surface area is 219 Å². The average Bonchev–Trinajstić information content (AvgIpc) is 3.03. The van der Waals surface area contributed by atoms with E-state index < -0.39 is 12.2 Å². The Morgan fingerprint density at radius 1 is 1.05 bits per heavy atom. The molecule has 1 aliphatic carbocycles. The summed E-state index contributed by atoms with van der Waals surface area (Å²) in [5, 5.41) is 0. The molecule has 0 bridgehead atoms. The van der Waals surface area contributed by atoms with Crippen LogP contribution in [0.4, 0.5) is 16.2 Å². The van der Waals surface area contributed by atoms with Crippen molar-refractivity contribution >= 4 is 29.0 Å². The lowest BCUT2D eigenvalue weighted by molar-refractivity contribution is -0.119. The lowest BCUT2D eigenvalue weighted by Crippen LogP contribution is -2.53. The largest absolute Gasteiger partial charge is 0.379 e. The molecule has 2 fully saturated rings. The number of morpholine rings is 1. The molecule has 0 spiro atoms. The number of nitrogens with two attached hydrogens (primary N) is 1. The number of para-hydroxylation sites is 1. The number of aliphatic imine (C=N–C) groups is 1. The van der Waals surface area contributed by atoms with Crippen molar-refractivity contribution in [3.63, 3.8) is 0 Å². The van der Waals surface area contributed by atoms with Gasteiger partial charge in [-0.2, -0.15) is 0 Å². The summed E-state index contributed by atoms with van der Waals surface area (Å²) in [6, 6.07) is 14.9. The molecule has 0 unspecified atom stereocenters. The fourth-order valence-corrected chi connectivity index (χ4v) is 5.77. The molecule has 2 aliphatic heterocycles. The van der Waals surface area contributed by atoms with Crippen LogP contribution in [0.5, 0.6) is 0 Å². The van der Waals surface area contributed by atoms with E-state index in [0.29, 0.717) is 25.4 Å². The van der Waals surface area contributed by atoms with Crippen LogP contribution in [-0.4, -0.2) is 68.1 Å². The first kappa shape index (κ1) is 25.4. The Kier molecular flexibility index (Phi) is 7.86. The highest BCUT2D eigenvalue weighted by Crippen LogP contribution is 2.35. The van der Waals surface area contributed by atoms with Gasteiger partial charge in [-0.05, 0) is 43.5 Å². The number of fused-ring (bicyclic) bond motifs is 1. The van der Waals surface area contributed by atoms with Gasteiger partial charge in [0.15, 0.2) is 0 Å². The van der Waals surface area contributed by atoms with Crippen LogP contribution < -0.4 is 15.5 Å². The van der Waals surface area contributed by atoms with Crippen molar-refractivity contribution < 1.29 is 14.3 Å². The number of benzene rings is 2. The summed E-state index contributed by atoms with van der Waals surface area (Å²) < 4.78 is 5.51. The molecule has 2 heterocycles.